The lowest BCUT2D eigenvalue weighted by atomic mass is 10.2. The highest BCUT2D eigenvalue weighted by atomic mass is 32.2. The first-order valence-corrected chi connectivity index (χ1v) is 12.7. The topological polar surface area (TPSA) is 74.0 Å². The van der Waals surface area contributed by atoms with Gasteiger partial charge in [-0.25, -0.2) is 13.4 Å². The lowest BCUT2D eigenvalue weighted by Crippen LogP contribution is -2.14. The molecule has 0 bridgehead atoms. The molecule has 158 valence electrons. The molecule has 0 N–H and O–H groups in total. The van der Waals surface area contributed by atoms with Crippen molar-refractivity contribution in [3.8, 4) is 0 Å². The molecule has 4 rings (SSSR count). The minimum absolute atomic E-state index is 0.0365. The van der Waals surface area contributed by atoms with E-state index >= 15 is 0 Å². The second-order valence-electron chi connectivity index (χ2n) is 7.75. The zero-order valence-corrected chi connectivity index (χ0v) is 18.7. The molecule has 1 unspecified atom stereocenters. The van der Waals surface area contributed by atoms with E-state index in [4.69, 9.17) is 0 Å². The zero-order valence-electron chi connectivity index (χ0n) is 17.1. The molecule has 0 spiro atoms. The second-order valence-corrected chi connectivity index (χ2v) is 10.9. The number of aryl methyl sites for hydroxylation is 1. The highest BCUT2D eigenvalue weighted by Crippen LogP contribution is 2.30. The maximum absolute atomic E-state index is 12.9. The van der Waals surface area contributed by atoms with Gasteiger partial charge in [0.05, 0.1) is 17.3 Å². The molecule has 0 radical (unpaired) electrons. The molecule has 1 aliphatic rings. The quantitative estimate of drug-likeness (QED) is 0.411. The molecule has 8 heteroatoms. The third kappa shape index (κ3) is 4.39. The fourth-order valence-corrected chi connectivity index (χ4v) is 6.69. The van der Waals surface area contributed by atoms with Crippen LogP contribution in [-0.2, 0) is 16.4 Å². The van der Waals surface area contributed by atoms with Gasteiger partial charge in [0.2, 0.25) is 0 Å². The fourth-order valence-electron chi connectivity index (χ4n) is 4.14. The van der Waals surface area contributed by atoms with Gasteiger partial charge in [0.25, 0.3) is 0 Å². The van der Waals surface area contributed by atoms with E-state index in [1.807, 2.05) is 53.4 Å². The number of hydrogen-bond acceptors (Lipinski definition) is 5. The summed E-state index contributed by atoms with van der Waals surface area (Å²) in [6, 6.07) is 12.0. The Kier molecular flexibility index (Phi) is 5.88. The average Bonchev–Trinajstić information content (AvgIpc) is 3.38. The third-order valence-corrected chi connectivity index (χ3v) is 8.32. The number of rotatable bonds is 7. The first-order valence-electron chi connectivity index (χ1n) is 9.94. The van der Waals surface area contributed by atoms with Gasteiger partial charge in [-0.05, 0) is 31.9 Å². The zero-order chi connectivity index (χ0) is 21.3. The molecule has 1 fully saturated rings. The van der Waals surface area contributed by atoms with Gasteiger partial charge in [0.15, 0.2) is 20.8 Å². The van der Waals surface area contributed by atoms with Gasteiger partial charge in [-0.3, -0.25) is 4.79 Å². The molecule has 0 amide bonds. The predicted octanol–water partition coefficient (Wildman–Crippen LogP) is 3.68. The van der Waals surface area contributed by atoms with Gasteiger partial charge in [-0.1, -0.05) is 42.1 Å². The van der Waals surface area contributed by atoms with Crippen LogP contribution >= 0.6 is 11.8 Å². The van der Waals surface area contributed by atoms with E-state index in [0.717, 1.165) is 16.5 Å². The van der Waals surface area contributed by atoms with Crippen molar-refractivity contribution in [3.63, 3.8) is 0 Å². The van der Waals surface area contributed by atoms with Crippen LogP contribution in [0.1, 0.15) is 39.8 Å². The predicted molar refractivity (Wildman–Crippen MR) is 119 cm³/mol. The van der Waals surface area contributed by atoms with Crippen molar-refractivity contribution < 1.29 is 13.2 Å². The normalized spacial score (nSPS) is 18.0. The average molecular weight is 444 g/mol. The summed E-state index contributed by atoms with van der Waals surface area (Å²) in [5.41, 5.74) is 3.64. The lowest BCUT2D eigenvalue weighted by molar-refractivity contribution is 0.102. The van der Waals surface area contributed by atoms with E-state index in [1.165, 1.54) is 17.3 Å². The first kappa shape index (κ1) is 20.9. The van der Waals surface area contributed by atoms with Gasteiger partial charge < -0.3 is 9.13 Å². The van der Waals surface area contributed by atoms with Crippen LogP contribution in [0.25, 0.3) is 0 Å². The molecule has 2 aromatic heterocycles. The number of ketones is 1. The Bertz CT molecular complexity index is 1160. The number of nitrogens with zero attached hydrogens (tertiary/aromatic N) is 3. The van der Waals surface area contributed by atoms with Crippen LogP contribution in [-0.4, -0.2) is 45.6 Å². The first-order chi connectivity index (χ1) is 14.3. The van der Waals surface area contributed by atoms with Crippen LogP contribution in [0.15, 0.2) is 53.9 Å². The summed E-state index contributed by atoms with van der Waals surface area (Å²) >= 11 is 1.43. The number of thioether (sulfide) groups is 1. The standard InChI is InChI=1S/C22H25N3O3S2/c1-16-12-20(17(2)25(16)19-8-11-30(27,28)15-19)21(26)14-29-22-23-9-10-24(22)13-18-6-4-3-5-7-18/h3-7,9-10,12,19H,8,11,13-15H2,1-2H3. The minimum Gasteiger partial charge on any atom is -0.344 e. The molecule has 0 saturated carbocycles. The Balaban J connectivity index is 1.46. The fraction of sp³-hybridized carbons (Fsp3) is 0.364. The van der Waals surface area contributed by atoms with E-state index < -0.39 is 9.84 Å². The van der Waals surface area contributed by atoms with Crippen LogP contribution < -0.4 is 0 Å². The molecule has 1 aliphatic heterocycles. The van der Waals surface area contributed by atoms with Gasteiger partial charge >= 0.3 is 0 Å². The Labute approximate surface area is 181 Å². The SMILES string of the molecule is Cc1cc(C(=O)CSc2nccn2Cc2ccccc2)c(C)n1C1CCS(=O)(=O)C1. The molecule has 0 aliphatic carbocycles. The van der Waals surface area contributed by atoms with Crippen molar-refractivity contribution >= 4 is 27.4 Å². The highest BCUT2D eigenvalue weighted by Gasteiger charge is 2.31. The molecule has 1 aromatic carbocycles. The number of Topliss-reactive ketones (excluding diaryl/α,β-unsaturated/α-hetero) is 1. The smallest absolute Gasteiger partial charge is 0.175 e. The monoisotopic (exact) mass is 443 g/mol. The van der Waals surface area contributed by atoms with Gasteiger partial charge in [-0.2, -0.15) is 0 Å². The summed E-state index contributed by atoms with van der Waals surface area (Å²) in [4.78, 5) is 17.4. The maximum Gasteiger partial charge on any atom is 0.175 e. The van der Waals surface area contributed by atoms with E-state index in [-0.39, 0.29) is 23.3 Å². The largest absolute Gasteiger partial charge is 0.344 e. The van der Waals surface area contributed by atoms with Crippen LogP contribution in [0.4, 0.5) is 0 Å². The van der Waals surface area contributed by atoms with Crippen molar-refractivity contribution in [2.45, 2.75) is 38.0 Å². The Morgan fingerprint density at radius 3 is 2.70 bits per heavy atom. The molecule has 1 saturated heterocycles. The minimum atomic E-state index is -2.98. The lowest BCUT2D eigenvalue weighted by Gasteiger charge is -2.16. The van der Waals surface area contributed by atoms with Crippen molar-refractivity contribution in [2.24, 2.45) is 0 Å². The van der Waals surface area contributed by atoms with Gasteiger partial charge in [-0.15, -0.1) is 0 Å². The number of carbonyl (C=O) groups is 1. The molecule has 3 aromatic rings. The van der Waals surface area contributed by atoms with Crippen molar-refractivity contribution in [1.29, 1.82) is 0 Å². The molecule has 1 atom stereocenters. The Morgan fingerprint density at radius 1 is 1.23 bits per heavy atom. The van der Waals surface area contributed by atoms with Gasteiger partial charge in [0.1, 0.15) is 0 Å². The van der Waals surface area contributed by atoms with E-state index in [0.29, 0.717) is 24.3 Å². The number of aromatic nitrogens is 3. The van der Waals surface area contributed by atoms with Crippen molar-refractivity contribution in [1.82, 2.24) is 14.1 Å². The van der Waals surface area contributed by atoms with E-state index in [2.05, 4.69) is 17.1 Å². The van der Waals surface area contributed by atoms with Crippen LogP contribution in [0.2, 0.25) is 0 Å². The number of sulfone groups is 1. The number of hydrogen-bond donors (Lipinski definition) is 0. The molecule has 3 heterocycles. The molecule has 6 nitrogen and oxygen atoms in total. The highest BCUT2D eigenvalue weighted by molar-refractivity contribution is 7.99. The summed E-state index contributed by atoms with van der Waals surface area (Å²) in [6.07, 6.45) is 4.28. The van der Waals surface area contributed by atoms with Crippen molar-refractivity contribution in [3.05, 3.63) is 71.3 Å². The van der Waals surface area contributed by atoms with Crippen LogP contribution in [0, 0.1) is 13.8 Å². The van der Waals surface area contributed by atoms with E-state index in [9.17, 15) is 13.2 Å². The molecule has 30 heavy (non-hydrogen) atoms. The van der Waals surface area contributed by atoms with Gasteiger partial charge in [0, 0.05) is 41.9 Å². The maximum atomic E-state index is 12.9. The van der Waals surface area contributed by atoms with Crippen LogP contribution in [0.5, 0.6) is 0 Å². The van der Waals surface area contributed by atoms with E-state index in [1.54, 1.807) is 6.20 Å². The number of carbonyl (C=O) groups excluding carboxylic acids is 1. The van der Waals surface area contributed by atoms with Crippen molar-refractivity contribution in [2.75, 3.05) is 17.3 Å². The third-order valence-electron chi connectivity index (χ3n) is 5.56. The van der Waals surface area contributed by atoms with Crippen LogP contribution in [0.3, 0.4) is 0 Å². The summed E-state index contributed by atoms with van der Waals surface area (Å²) in [5, 5.41) is 0.808. The Morgan fingerprint density at radius 2 is 2.00 bits per heavy atom. The summed E-state index contributed by atoms with van der Waals surface area (Å²) in [7, 11) is -2.98. The number of benzene rings is 1. The summed E-state index contributed by atoms with van der Waals surface area (Å²) in [6.45, 7) is 4.56. The summed E-state index contributed by atoms with van der Waals surface area (Å²) < 4.78 is 27.8. The molecular formula is C22H25N3O3S2. The Hall–Kier alpha value is -2.32. The second kappa shape index (κ2) is 8.43. The molecular weight excluding hydrogens is 418 g/mol. The number of imidazole rings is 1. The summed E-state index contributed by atoms with van der Waals surface area (Å²) in [5.74, 6) is 0.703.